The topological polar surface area (TPSA) is 98.9 Å². The molecule has 2 aliphatic heterocycles. The van der Waals surface area contributed by atoms with Gasteiger partial charge in [-0.1, -0.05) is 18.7 Å². The fourth-order valence-corrected chi connectivity index (χ4v) is 5.99. The molecule has 0 radical (unpaired) electrons. The molecule has 214 valence electrons. The lowest BCUT2D eigenvalue weighted by Gasteiger charge is -2.38. The summed E-state index contributed by atoms with van der Waals surface area (Å²) in [6, 6.07) is 14.1. The molecule has 0 spiro atoms. The van der Waals surface area contributed by atoms with E-state index in [1.807, 2.05) is 31.2 Å². The molecule has 4 heterocycles. The second-order valence-electron chi connectivity index (χ2n) is 10.5. The highest BCUT2D eigenvalue weighted by atomic mass is 32.1. The van der Waals surface area contributed by atoms with Gasteiger partial charge in [0.1, 0.15) is 17.6 Å². The molecule has 2 fully saturated rings. The summed E-state index contributed by atoms with van der Waals surface area (Å²) in [6.07, 6.45) is 2.96. The van der Waals surface area contributed by atoms with E-state index in [-0.39, 0.29) is 23.2 Å². The van der Waals surface area contributed by atoms with Crippen molar-refractivity contribution in [2.45, 2.75) is 44.8 Å². The predicted octanol–water partition coefficient (Wildman–Crippen LogP) is 5.73. The summed E-state index contributed by atoms with van der Waals surface area (Å²) in [7, 11) is 0. The van der Waals surface area contributed by atoms with Crippen LogP contribution >= 0.6 is 11.3 Å². The summed E-state index contributed by atoms with van der Waals surface area (Å²) >= 11 is 1.09. The van der Waals surface area contributed by atoms with E-state index in [1.54, 1.807) is 18.2 Å². The molecule has 0 aliphatic carbocycles. The summed E-state index contributed by atoms with van der Waals surface area (Å²) in [6.45, 7) is 10.4. The van der Waals surface area contributed by atoms with Crippen LogP contribution in [0.15, 0.2) is 54.7 Å². The monoisotopic (exact) mass is 576 g/mol. The van der Waals surface area contributed by atoms with Crippen LogP contribution in [-0.4, -0.2) is 59.8 Å². The van der Waals surface area contributed by atoms with Crippen molar-refractivity contribution in [2.75, 3.05) is 37.7 Å². The molecule has 1 aromatic carbocycles. The van der Waals surface area contributed by atoms with E-state index in [0.717, 1.165) is 72.9 Å². The minimum Gasteiger partial charge on any atom is -0.478 e. The minimum absolute atomic E-state index is 0.0585. The van der Waals surface area contributed by atoms with Gasteiger partial charge in [-0.05, 0) is 69.1 Å². The lowest BCUT2D eigenvalue weighted by atomic mass is 9.93. The number of pyridine rings is 1. The molecular weight excluding hydrogens is 543 g/mol. The lowest BCUT2D eigenvalue weighted by molar-refractivity contribution is -0.0439. The molecule has 41 heavy (non-hydrogen) atoms. The third-order valence-corrected chi connectivity index (χ3v) is 8.66. The van der Waals surface area contributed by atoms with Gasteiger partial charge in [-0.2, -0.15) is 5.26 Å². The first-order valence-electron chi connectivity index (χ1n) is 13.7. The Bertz CT molecular complexity index is 1460. The smallest absolute Gasteiger partial charge is 0.335 e. The number of benzene rings is 1. The van der Waals surface area contributed by atoms with Crippen LogP contribution in [0.4, 0.5) is 10.1 Å². The average Bonchev–Trinajstić information content (AvgIpc) is 3.31. The van der Waals surface area contributed by atoms with Gasteiger partial charge in [-0.25, -0.2) is 14.2 Å². The molecule has 1 unspecified atom stereocenters. The summed E-state index contributed by atoms with van der Waals surface area (Å²) < 4.78 is 25.2. The zero-order valence-electron chi connectivity index (χ0n) is 23.0. The van der Waals surface area contributed by atoms with E-state index in [0.29, 0.717) is 29.8 Å². The van der Waals surface area contributed by atoms with E-state index >= 15 is 0 Å². The van der Waals surface area contributed by atoms with Crippen LogP contribution in [0.5, 0.6) is 5.88 Å². The van der Waals surface area contributed by atoms with Crippen LogP contribution in [0.25, 0.3) is 0 Å². The Morgan fingerprint density at radius 3 is 2.73 bits per heavy atom. The quantitative estimate of drug-likeness (QED) is 0.309. The number of carboxylic acid groups (broad SMARTS) is 1. The molecule has 1 N–H and O–H groups in total. The lowest BCUT2D eigenvalue weighted by Crippen LogP contribution is -2.43. The van der Waals surface area contributed by atoms with Gasteiger partial charge in [0.15, 0.2) is 5.82 Å². The van der Waals surface area contributed by atoms with Crippen molar-refractivity contribution in [1.29, 1.82) is 5.26 Å². The maximum Gasteiger partial charge on any atom is 0.335 e. The van der Waals surface area contributed by atoms with E-state index in [9.17, 15) is 14.3 Å². The molecule has 5 rings (SSSR count). The van der Waals surface area contributed by atoms with Gasteiger partial charge >= 0.3 is 5.97 Å². The minimum atomic E-state index is -0.949. The van der Waals surface area contributed by atoms with E-state index < -0.39 is 11.8 Å². The zero-order valence-corrected chi connectivity index (χ0v) is 23.8. The van der Waals surface area contributed by atoms with Gasteiger partial charge in [0.25, 0.3) is 0 Å². The largest absolute Gasteiger partial charge is 0.478 e. The Labute approximate surface area is 243 Å². The SMILES string of the molecule is C=C(CN1CCC(c2cccc(OCc3cc(F)c(C#N)s3)n2)CC1)N(CC1CCO1)c1cc(C(=O)O)ccc1C. The second kappa shape index (κ2) is 12.8. The van der Waals surface area contributed by atoms with Crippen molar-refractivity contribution in [3.8, 4) is 11.9 Å². The number of thiophene rings is 1. The van der Waals surface area contributed by atoms with Crippen LogP contribution in [0.1, 0.15) is 56.6 Å². The number of carboxylic acids is 1. The number of carbonyl (C=O) groups is 1. The molecule has 0 saturated carbocycles. The van der Waals surface area contributed by atoms with Crippen LogP contribution in [0, 0.1) is 24.1 Å². The Morgan fingerprint density at radius 1 is 1.29 bits per heavy atom. The van der Waals surface area contributed by atoms with Crippen molar-refractivity contribution in [2.24, 2.45) is 0 Å². The Hall–Kier alpha value is -3.78. The van der Waals surface area contributed by atoms with Crippen molar-refractivity contribution in [1.82, 2.24) is 9.88 Å². The van der Waals surface area contributed by atoms with Crippen LogP contribution in [0.3, 0.4) is 0 Å². The number of halogens is 1. The number of aryl methyl sites for hydroxylation is 1. The van der Waals surface area contributed by atoms with Crippen LogP contribution < -0.4 is 9.64 Å². The number of nitriles is 1. The highest BCUT2D eigenvalue weighted by Gasteiger charge is 2.27. The zero-order chi connectivity index (χ0) is 28.9. The van der Waals surface area contributed by atoms with Gasteiger partial charge in [0, 0.05) is 53.6 Å². The van der Waals surface area contributed by atoms with Crippen LogP contribution in [-0.2, 0) is 11.3 Å². The number of ether oxygens (including phenoxy) is 2. The standard InChI is InChI=1S/C31H33FN4O4S/c1-20-6-7-23(31(37)38)14-28(20)36(18-24-10-13-39-24)21(2)17-35-11-8-22(9-12-35)27-4-3-5-30(34-27)40-19-25-15-26(32)29(16-33)41-25/h3-7,14-15,22,24H,2,8-13,17-19H2,1H3,(H,37,38). The Kier molecular flexibility index (Phi) is 8.98. The average molecular weight is 577 g/mol. The van der Waals surface area contributed by atoms with E-state index in [2.05, 4.69) is 16.4 Å². The first-order chi connectivity index (χ1) is 19.8. The fraction of sp³-hybridized carbons (Fsp3) is 0.387. The number of likely N-dealkylation sites (tertiary alicyclic amines) is 1. The number of hydrogen-bond donors (Lipinski definition) is 1. The number of hydrogen-bond acceptors (Lipinski definition) is 8. The third-order valence-electron chi connectivity index (χ3n) is 7.67. The van der Waals surface area contributed by atoms with Gasteiger partial charge in [-0.3, -0.25) is 4.90 Å². The highest BCUT2D eigenvalue weighted by molar-refractivity contribution is 7.12. The van der Waals surface area contributed by atoms with Gasteiger partial charge < -0.3 is 19.5 Å². The highest BCUT2D eigenvalue weighted by Crippen LogP contribution is 2.31. The molecule has 2 aromatic heterocycles. The molecular formula is C31H33FN4O4S. The molecule has 2 aliphatic rings. The third kappa shape index (κ3) is 6.93. The van der Waals surface area contributed by atoms with Crippen molar-refractivity contribution >= 4 is 23.0 Å². The molecule has 10 heteroatoms. The fourth-order valence-electron chi connectivity index (χ4n) is 5.24. The van der Waals surface area contributed by atoms with E-state index in [1.165, 1.54) is 6.07 Å². The van der Waals surface area contributed by atoms with Crippen molar-refractivity contribution in [3.63, 3.8) is 0 Å². The second-order valence-corrected chi connectivity index (χ2v) is 11.6. The first kappa shape index (κ1) is 28.7. The summed E-state index contributed by atoms with van der Waals surface area (Å²) in [5.74, 6) is -0.689. The molecule has 8 nitrogen and oxygen atoms in total. The number of aromatic nitrogens is 1. The number of piperidine rings is 1. The van der Waals surface area contributed by atoms with Crippen molar-refractivity contribution < 1.29 is 23.8 Å². The Balaban J connectivity index is 1.19. The molecule has 1 atom stereocenters. The molecule has 2 saturated heterocycles. The predicted molar refractivity (Wildman–Crippen MR) is 155 cm³/mol. The Morgan fingerprint density at radius 2 is 2.07 bits per heavy atom. The van der Waals surface area contributed by atoms with Gasteiger partial charge in [0.05, 0.1) is 11.7 Å². The molecule has 0 amide bonds. The maximum absolute atomic E-state index is 13.7. The summed E-state index contributed by atoms with van der Waals surface area (Å²) in [4.78, 5) is 21.6. The normalized spacial score (nSPS) is 17.4. The molecule has 3 aromatic rings. The van der Waals surface area contributed by atoms with Gasteiger partial charge in [0.2, 0.25) is 5.88 Å². The van der Waals surface area contributed by atoms with Crippen molar-refractivity contribution in [3.05, 3.63) is 87.1 Å². The van der Waals surface area contributed by atoms with Crippen LogP contribution in [0.2, 0.25) is 0 Å². The first-order valence-corrected chi connectivity index (χ1v) is 14.5. The number of nitrogens with zero attached hydrogens (tertiary/aromatic N) is 4. The number of aromatic carboxylic acids is 1. The van der Waals surface area contributed by atoms with E-state index in [4.69, 9.17) is 19.7 Å². The number of anilines is 1. The maximum atomic E-state index is 13.7. The summed E-state index contributed by atoms with van der Waals surface area (Å²) in [5.41, 5.74) is 4.00. The van der Waals surface area contributed by atoms with Gasteiger partial charge in [-0.15, -0.1) is 11.3 Å². The summed E-state index contributed by atoms with van der Waals surface area (Å²) in [5, 5.41) is 18.5. The number of rotatable bonds is 11. The molecule has 0 bridgehead atoms.